The van der Waals surface area contributed by atoms with E-state index in [1.165, 1.54) is 0 Å². The maximum atomic E-state index is 12.4. The number of carbonyl (C=O) groups excluding carboxylic acids is 1. The van der Waals surface area contributed by atoms with Crippen LogP contribution in [-0.2, 0) is 0 Å². The molecular weight excluding hydrogens is 248 g/mol. The number of rotatable bonds is 2. The van der Waals surface area contributed by atoms with Gasteiger partial charge in [-0.05, 0) is 35.2 Å². The van der Waals surface area contributed by atoms with Crippen molar-refractivity contribution in [1.29, 1.82) is 0 Å². The van der Waals surface area contributed by atoms with E-state index in [9.17, 15) is 4.79 Å². The Bertz CT molecular complexity index is 641. The molecule has 0 aliphatic heterocycles. The van der Waals surface area contributed by atoms with Gasteiger partial charge in [-0.15, -0.1) is 0 Å². The maximum Gasteiger partial charge on any atom is 0.253 e. The van der Waals surface area contributed by atoms with Crippen LogP contribution in [0.2, 0.25) is 0 Å². The molecule has 0 aromatic heterocycles. The molecule has 1 amide bonds. The van der Waals surface area contributed by atoms with Crippen LogP contribution in [0.1, 0.15) is 38.1 Å². The molecule has 0 aliphatic carbocycles. The Kier molecular flexibility index (Phi) is 3.71. The third kappa shape index (κ3) is 2.93. The summed E-state index contributed by atoms with van der Waals surface area (Å²) in [5, 5.41) is 5.09. The van der Waals surface area contributed by atoms with Crippen LogP contribution in [0.4, 0.5) is 5.69 Å². The molecule has 3 heteroatoms. The fraction of sp³-hybridized carbons (Fsp3) is 0.353. The van der Waals surface area contributed by atoms with E-state index in [1.54, 1.807) is 0 Å². The lowest BCUT2D eigenvalue weighted by molar-refractivity contribution is 0.0911. The summed E-state index contributed by atoms with van der Waals surface area (Å²) in [6, 6.07) is 11.7. The highest BCUT2D eigenvalue weighted by Gasteiger charge is 2.23. The van der Waals surface area contributed by atoms with Gasteiger partial charge in [-0.2, -0.15) is 0 Å². The quantitative estimate of drug-likeness (QED) is 0.819. The number of anilines is 1. The minimum Gasteiger partial charge on any atom is -0.398 e. The predicted molar refractivity (Wildman–Crippen MR) is 84.7 cm³/mol. The Labute approximate surface area is 120 Å². The Morgan fingerprint density at radius 2 is 1.70 bits per heavy atom. The number of nitrogens with one attached hydrogen (secondary N) is 1. The number of amides is 1. The molecule has 2 aromatic rings. The minimum atomic E-state index is -0.115. The van der Waals surface area contributed by atoms with Gasteiger partial charge in [0.15, 0.2) is 0 Å². The second kappa shape index (κ2) is 5.16. The monoisotopic (exact) mass is 270 g/mol. The molecule has 1 unspecified atom stereocenters. The van der Waals surface area contributed by atoms with Crippen LogP contribution < -0.4 is 11.1 Å². The van der Waals surface area contributed by atoms with E-state index < -0.39 is 0 Å². The topological polar surface area (TPSA) is 55.1 Å². The standard InChI is InChI=1S/C17H22N2O/c1-11(17(2,3)4)19-16(20)14-9-12-7-5-6-8-13(12)10-15(14)18/h5-11H,18H2,1-4H3,(H,19,20). The molecule has 3 N–H and O–H groups in total. The first-order chi connectivity index (χ1) is 9.29. The van der Waals surface area contributed by atoms with E-state index in [2.05, 4.69) is 26.1 Å². The molecule has 0 saturated carbocycles. The molecule has 0 fully saturated rings. The number of nitrogen functional groups attached to an aromatic ring is 1. The van der Waals surface area contributed by atoms with Gasteiger partial charge in [0.1, 0.15) is 0 Å². The van der Waals surface area contributed by atoms with Crippen molar-refractivity contribution in [2.45, 2.75) is 33.7 Å². The van der Waals surface area contributed by atoms with Crippen molar-refractivity contribution < 1.29 is 4.79 Å². The second-order valence-electron chi connectivity index (χ2n) is 6.35. The van der Waals surface area contributed by atoms with Crippen LogP contribution in [0.3, 0.4) is 0 Å². The normalized spacial score (nSPS) is 13.2. The van der Waals surface area contributed by atoms with E-state index in [0.717, 1.165) is 10.8 Å². The fourth-order valence-electron chi connectivity index (χ4n) is 1.95. The Hall–Kier alpha value is -2.03. The molecule has 20 heavy (non-hydrogen) atoms. The summed E-state index contributed by atoms with van der Waals surface area (Å²) < 4.78 is 0. The summed E-state index contributed by atoms with van der Waals surface area (Å²) in [4.78, 5) is 12.4. The molecule has 0 spiro atoms. The molecule has 1 atom stereocenters. The van der Waals surface area contributed by atoms with E-state index in [4.69, 9.17) is 5.73 Å². The molecule has 0 aliphatic rings. The Morgan fingerprint density at radius 1 is 1.15 bits per heavy atom. The summed E-state index contributed by atoms with van der Waals surface area (Å²) in [5.41, 5.74) is 7.08. The van der Waals surface area contributed by atoms with Crippen molar-refractivity contribution in [3.8, 4) is 0 Å². The number of benzene rings is 2. The molecule has 0 heterocycles. The largest absolute Gasteiger partial charge is 0.398 e. The summed E-state index contributed by atoms with van der Waals surface area (Å²) >= 11 is 0. The molecule has 3 nitrogen and oxygen atoms in total. The van der Waals surface area contributed by atoms with Crippen molar-refractivity contribution >= 4 is 22.4 Å². The van der Waals surface area contributed by atoms with Crippen molar-refractivity contribution in [3.63, 3.8) is 0 Å². The number of hydrogen-bond donors (Lipinski definition) is 2. The average molecular weight is 270 g/mol. The molecular formula is C17H22N2O. The Morgan fingerprint density at radius 3 is 2.25 bits per heavy atom. The van der Waals surface area contributed by atoms with Gasteiger partial charge < -0.3 is 11.1 Å². The van der Waals surface area contributed by atoms with Gasteiger partial charge >= 0.3 is 0 Å². The van der Waals surface area contributed by atoms with Crippen molar-refractivity contribution in [2.24, 2.45) is 5.41 Å². The summed E-state index contributed by atoms with van der Waals surface area (Å²) in [7, 11) is 0. The van der Waals surface area contributed by atoms with Crippen LogP contribution in [0.25, 0.3) is 10.8 Å². The lowest BCUT2D eigenvalue weighted by Gasteiger charge is -2.28. The van der Waals surface area contributed by atoms with Gasteiger partial charge in [-0.25, -0.2) is 0 Å². The van der Waals surface area contributed by atoms with Crippen LogP contribution >= 0.6 is 0 Å². The zero-order valence-corrected chi connectivity index (χ0v) is 12.5. The lowest BCUT2D eigenvalue weighted by Crippen LogP contribution is -2.41. The molecule has 2 rings (SSSR count). The van der Waals surface area contributed by atoms with Crippen LogP contribution in [0.15, 0.2) is 36.4 Å². The predicted octanol–water partition coefficient (Wildman–Crippen LogP) is 3.59. The van der Waals surface area contributed by atoms with E-state index in [1.807, 2.05) is 43.3 Å². The highest BCUT2D eigenvalue weighted by Crippen LogP contribution is 2.23. The minimum absolute atomic E-state index is 0.0151. The maximum absolute atomic E-state index is 12.4. The first kappa shape index (κ1) is 14.4. The molecule has 0 radical (unpaired) electrons. The van der Waals surface area contributed by atoms with Gasteiger partial charge in [0.25, 0.3) is 5.91 Å². The first-order valence-corrected chi connectivity index (χ1v) is 6.88. The van der Waals surface area contributed by atoms with E-state index >= 15 is 0 Å². The van der Waals surface area contributed by atoms with Gasteiger partial charge in [-0.1, -0.05) is 45.0 Å². The zero-order chi connectivity index (χ0) is 14.9. The molecule has 106 valence electrons. The second-order valence-corrected chi connectivity index (χ2v) is 6.35. The lowest BCUT2D eigenvalue weighted by atomic mass is 9.88. The molecule has 2 aromatic carbocycles. The SMILES string of the molecule is CC(NC(=O)c1cc2ccccc2cc1N)C(C)(C)C. The zero-order valence-electron chi connectivity index (χ0n) is 12.5. The van der Waals surface area contributed by atoms with Gasteiger partial charge in [0.05, 0.1) is 5.56 Å². The summed E-state index contributed by atoms with van der Waals surface area (Å²) in [6.07, 6.45) is 0. The summed E-state index contributed by atoms with van der Waals surface area (Å²) in [5.74, 6) is -0.115. The van der Waals surface area contributed by atoms with Gasteiger partial charge in [0, 0.05) is 11.7 Å². The number of fused-ring (bicyclic) bond motifs is 1. The highest BCUT2D eigenvalue weighted by molar-refractivity contribution is 6.04. The Balaban J connectivity index is 2.33. The summed E-state index contributed by atoms with van der Waals surface area (Å²) in [6.45, 7) is 8.31. The van der Waals surface area contributed by atoms with E-state index in [0.29, 0.717) is 11.3 Å². The third-order valence-electron chi connectivity index (χ3n) is 3.81. The van der Waals surface area contributed by atoms with Crippen molar-refractivity contribution in [2.75, 3.05) is 5.73 Å². The fourth-order valence-corrected chi connectivity index (χ4v) is 1.95. The van der Waals surface area contributed by atoms with Crippen LogP contribution in [-0.4, -0.2) is 11.9 Å². The number of hydrogen-bond acceptors (Lipinski definition) is 2. The van der Waals surface area contributed by atoms with Gasteiger partial charge in [0.2, 0.25) is 0 Å². The number of nitrogens with two attached hydrogens (primary N) is 1. The third-order valence-corrected chi connectivity index (χ3v) is 3.81. The molecule has 0 bridgehead atoms. The number of carbonyl (C=O) groups is 1. The first-order valence-electron chi connectivity index (χ1n) is 6.88. The van der Waals surface area contributed by atoms with Crippen LogP contribution in [0.5, 0.6) is 0 Å². The highest BCUT2D eigenvalue weighted by atomic mass is 16.1. The van der Waals surface area contributed by atoms with Crippen LogP contribution in [0, 0.1) is 5.41 Å². The smallest absolute Gasteiger partial charge is 0.253 e. The molecule has 0 saturated heterocycles. The average Bonchev–Trinajstić information content (AvgIpc) is 2.36. The van der Waals surface area contributed by atoms with Crippen molar-refractivity contribution in [3.05, 3.63) is 42.0 Å². The van der Waals surface area contributed by atoms with Gasteiger partial charge in [-0.3, -0.25) is 4.79 Å². The van der Waals surface area contributed by atoms with Crippen molar-refractivity contribution in [1.82, 2.24) is 5.32 Å². The van der Waals surface area contributed by atoms with E-state index in [-0.39, 0.29) is 17.4 Å².